The minimum Gasteiger partial charge on any atom is -0.290 e. The Morgan fingerprint density at radius 1 is 0.647 bits per heavy atom. The van der Waals surface area contributed by atoms with Gasteiger partial charge in [-0.1, -0.05) is 22.3 Å². The Morgan fingerprint density at radius 3 is 1.18 bits per heavy atom. The molecule has 0 aromatic carbocycles. The minimum atomic E-state index is 1.01. The molecular formula is C15H30N2. The lowest BCUT2D eigenvalue weighted by Crippen LogP contribution is -2.35. The van der Waals surface area contributed by atoms with Gasteiger partial charge < -0.3 is 0 Å². The molecule has 0 amide bonds. The molecule has 0 N–H and O–H groups in total. The van der Waals surface area contributed by atoms with Crippen molar-refractivity contribution in [1.29, 1.82) is 0 Å². The lowest BCUT2D eigenvalue weighted by Gasteiger charge is -2.25. The van der Waals surface area contributed by atoms with Gasteiger partial charge in [-0.05, 0) is 55.6 Å². The molecule has 0 unspecified atom stereocenters. The third-order valence-corrected chi connectivity index (χ3v) is 3.20. The molecule has 17 heavy (non-hydrogen) atoms. The number of rotatable bonds is 6. The maximum atomic E-state index is 2.36. The van der Waals surface area contributed by atoms with E-state index >= 15 is 0 Å². The van der Waals surface area contributed by atoms with Gasteiger partial charge >= 0.3 is 0 Å². The Kier molecular flexibility index (Phi) is 7.40. The fourth-order valence-corrected chi connectivity index (χ4v) is 1.64. The number of nitrogens with zero attached hydrogens (tertiary/aromatic N) is 2. The fraction of sp³-hybridized carbons (Fsp3) is 0.733. The Balaban J connectivity index is 4.18. The molecular weight excluding hydrogens is 208 g/mol. The number of hydrogen-bond acceptors (Lipinski definition) is 2. The number of likely N-dealkylation sites (N-methyl/N-ethyl adjacent to an activating group) is 2. The molecule has 0 rings (SSSR count). The van der Waals surface area contributed by atoms with Crippen molar-refractivity contribution in [1.82, 2.24) is 9.80 Å². The van der Waals surface area contributed by atoms with Gasteiger partial charge in [0.1, 0.15) is 0 Å². The van der Waals surface area contributed by atoms with E-state index in [0.717, 1.165) is 19.8 Å². The van der Waals surface area contributed by atoms with Crippen LogP contribution in [0.1, 0.15) is 41.5 Å². The second kappa shape index (κ2) is 7.67. The molecule has 0 radical (unpaired) electrons. The standard InChI is InChI=1S/C15H30N2/c1-12(2)14(5)9-16(7)11-17(8)10-15(6)13(3)4/h9-11H2,1-8H3. The van der Waals surface area contributed by atoms with Crippen LogP contribution in [0.5, 0.6) is 0 Å². The summed E-state index contributed by atoms with van der Waals surface area (Å²) in [6.45, 7) is 16.3. The van der Waals surface area contributed by atoms with E-state index in [4.69, 9.17) is 0 Å². The van der Waals surface area contributed by atoms with Crippen molar-refractivity contribution in [3.8, 4) is 0 Å². The smallest absolute Gasteiger partial charge is 0.0506 e. The van der Waals surface area contributed by atoms with Crippen LogP contribution >= 0.6 is 0 Å². The third kappa shape index (κ3) is 7.35. The second-order valence-electron chi connectivity index (χ2n) is 5.73. The predicted octanol–water partition coefficient (Wildman–Crippen LogP) is 3.52. The fourth-order valence-electron chi connectivity index (χ4n) is 1.64. The maximum absolute atomic E-state index is 2.36. The lowest BCUT2D eigenvalue weighted by molar-refractivity contribution is 0.204. The monoisotopic (exact) mass is 238 g/mol. The molecule has 0 saturated heterocycles. The van der Waals surface area contributed by atoms with Gasteiger partial charge in [-0.2, -0.15) is 0 Å². The van der Waals surface area contributed by atoms with E-state index in [9.17, 15) is 0 Å². The largest absolute Gasteiger partial charge is 0.290 e. The molecule has 0 saturated carbocycles. The summed E-state index contributed by atoms with van der Waals surface area (Å²) in [5, 5.41) is 0. The van der Waals surface area contributed by atoms with Gasteiger partial charge in [0, 0.05) is 13.1 Å². The molecule has 0 aliphatic rings. The van der Waals surface area contributed by atoms with Crippen molar-refractivity contribution < 1.29 is 0 Å². The van der Waals surface area contributed by atoms with Crippen molar-refractivity contribution in [2.24, 2.45) is 0 Å². The zero-order chi connectivity index (χ0) is 13.6. The molecule has 0 aliphatic heterocycles. The zero-order valence-electron chi connectivity index (χ0n) is 13.0. The highest BCUT2D eigenvalue weighted by Crippen LogP contribution is 2.06. The molecule has 2 nitrogen and oxygen atoms in total. The molecule has 0 bridgehead atoms. The van der Waals surface area contributed by atoms with Gasteiger partial charge in [0.25, 0.3) is 0 Å². The Morgan fingerprint density at radius 2 is 0.941 bits per heavy atom. The van der Waals surface area contributed by atoms with E-state index in [2.05, 4.69) is 65.4 Å². The topological polar surface area (TPSA) is 6.48 Å². The lowest BCUT2D eigenvalue weighted by atomic mass is 10.1. The van der Waals surface area contributed by atoms with E-state index < -0.39 is 0 Å². The van der Waals surface area contributed by atoms with Crippen molar-refractivity contribution in [2.45, 2.75) is 41.5 Å². The van der Waals surface area contributed by atoms with E-state index in [0.29, 0.717) is 0 Å². The van der Waals surface area contributed by atoms with Crippen molar-refractivity contribution in [3.05, 3.63) is 22.3 Å². The molecule has 0 heterocycles. The average molecular weight is 238 g/mol. The summed E-state index contributed by atoms with van der Waals surface area (Å²) in [5.74, 6) is 0. The van der Waals surface area contributed by atoms with E-state index in [1.807, 2.05) is 0 Å². The second-order valence-corrected chi connectivity index (χ2v) is 5.73. The SMILES string of the molecule is CC(C)=C(C)CN(C)CN(C)CC(C)=C(C)C. The van der Waals surface area contributed by atoms with Crippen LogP contribution in [-0.4, -0.2) is 43.7 Å². The predicted molar refractivity (Wildman–Crippen MR) is 78.2 cm³/mol. The minimum absolute atomic E-state index is 1.01. The summed E-state index contributed by atoms with van der Waals surface area (Å²) in [6.07, 6.45) is 0. The van der Waals surface area contributed by atoms with Crippen LogP contribution in [0.25, 0.3) is 0 Å². The number of allylic oxidation sites excluding steroid dienone is 2. The van der Waals surface area contributed by atoms with Crippen molar-refractivity contribution >= 4 is 0 Å². The summed E-state index contributed by atoms with van der Waals surface area (Å²) >= 11 is 0. The molecule has 0 aromatic heterocycles. The maximum Gasteiger partial charge on any atom is 0.0506 e. The van der Waals surface area contributed by atoms with Gasteiger partial charge in [0.05, 0.1) is 6.67 Å². The highest BCUT2D eigenvalue weighted by atomic mass is 15.3. The molecule has 100 valence electrons. The van der Waals surface area contributed by atoms with Crippen LogP contribution in [0.2, 0.25) is 0 Å². The van der Waals surface area contributed by atoms with Crippen molar-refractivity contribution in [2.75, 3.05) is 33.9 Å². The normalized spacial score (nSPS) is 10.9. The van der Waals surface area contributed by atoms with Gasteiger partial charge in [-0.15, -0.1) is 0 Å². The van der Waals surface area contributed by atoms with Crippen LogP contribution in [0.15, 0.2) is 22.3 Å². The van der Waals surface area contributed by atoms with Gasteiger partial charge in [-0.3, -0.25) is 9.80 Å². The quantitative estimate of drug-likeness (QED) is 0.516. The molecule has 0 aliphatic carbocycles. The van der Waals surface area contributed by atoms with Crippen LogP contribution in [0.4, 0.5) is 0 Å². The van der Waals surface area contributed by atoms with Gasteiger partial charge in [0.15, 0.2) is 0 Å². The summed E-state index contributed by atoms with van der Waals surface area (Å²) in [5.41, 5.74) is 5.81. The first-order valence-corrected chi connectivity index (χ1v) is 6.37. The van der Waals surface area contributed by atoms with Crippen LogP contribution in [0.3, 0.4) is 0 Å². The molecule has 0 spiro atoms. The van der Waals surface area contributed by atoms with Crippen molar-refractivity contribution in [3.63, 3.8) is 0 Å². The first-order valence-electron chi connectivity index (χ1n) is 6.37. The number of hydrogen-bond donors (Lipinski definition) is 0. The highest BCUT2D eigenvalue weighted by Gasteiger charge is 2.05. The van der Waals surface area contributed by atoms with E-state index in [1.165, 1.54) is 22.3 Å². The van der Waals surface area contributed by atoms with Gasteiger partial charge in [-0.25, -0.2) is 0 Å². The molecule has 0 fully saturated rings. The van der Waals surface area contributed by atoms with Crippen LogP contribution in [0, 0.1) is 0 Å². The summed E-state index contributed by atoms with van der Waals surface area (Å²) < 4.78 is 0. The third-order valence-electron chi connectivity index (χ3n) is 3.20. The molecule has 0 aromatic rings. The Hall–Kier alpha value is -0.600. The van der Waals surface area contributed by atoms with Crippen LogP contribution < -0.4 is 0 Å². The molecule has 0 atom stereocenters. The first kappa shape index (κ1) is 16.4. The Bertz CT molecular complexity index is 262. The summed E-state index contributed by atoms with van der Waals surface area (Å²) in [4.78, 5) is 4.72. The molecule has 2 heteroatoms. The first-order chi connectivity index (χ1) is 7.73. The summed E-state index contributed by atoms with van der Waals surface area (Å²) in [6, 6.07) is 0. The highest BCUT2D eigenvalue weighted by molar-refractivity contribution is 5.09. The van der Waals surface area contributed by atoms with Crippen LogP contribution in [-0.2, 0) is 0 Å². The van der Waals surface area contributed by atoms with Gasteiger partial charge in [0.2, 0.25) is 0 Å². The average Bonchev–Trinajstić information content (AvgIpc) is 2.16. The van der Waals surface area contributed by atoms with E-state index in [1.54, 1.807) is 0 Å². The zero-order valence-corrected chi connectivity index (χ0v) is 13.0. The summed E-state index contributed by atoms with van der Waals surface area (Å²) in [7, 11) is 4.36. The van der Waals surface area contributed by atoms with E-state index in [-0.39, 0.29) is 0 Å². The Labute approximate surface area is 108 Å².